The van der Waals surface area contributed by atoms with E-state index in [1.165, 1.54) is 0 Å². The van der Waals surface area contributed by atoms with Gasteiger partial charge in [0, 0.05) is 12.7 Å². The minimum atomic E-state index is 0.0512. The zero-order valence-corrected chi connectivity index (χ0v) is 11.9. The number of amides is 1. The third-order valence-corrected chi connectivity index (χ3v) is 4.19. The molecule has 3 aromatic rings. The van der Waals surface area contributed by atoms with Crippen LogP contribution in [0.15, 0.2) is 54.6 Å². The summed E-state index contributed by atoms with van der Waals surface area (Å²) in [5.74, 6) is 0.0512. The molecule has 0 N–H and O–H groups in total. The second-order valence-electron chi connectivity index (χ2n) is 4.54. The van der Waals surface area contributed by atoms with Crippen LogP contribution < -0.4 is 4.90 Å². The van der Waals surface area contributed by atoms with E-state index in [2.05, 4.69) is 4.98 Å². The maximum atomic E-state index is 12.3. The Morgan fingerprint density at radius 1 is 1.10 bits per heavy atom. The molecule has 0 radical (unpaired) electrons. The van der Waals surface area contributed by atoms with Crippen LogP contribution >= 0.6 is 11.3 Å². The Balaban J connectivity index is 1.78. The average molecular weight is 282 g/mol. The standard InChI is InChI=1S/C16H14N2OS/c1-18(12-7-3-2-4-8-12)16(19)11-15-17-13-9-5-6-10-14(13)20-15/h2-10H,11H2,1H3. The molecule has 3 rings (SSSR count). The second-order valence-corrected chi connectivity index (χ2v) is 5.66. The number of carbonyl (C=O) groups excluding carboxylic acids is 1. The first-order chi connectivity index (χ1) is 9.74. The van der Waals surface area contributed by atoms with E-state index in [1.54, 1.807) is 23.3 Å². The molecule has 1 heterocycles. The molecular weight excluding hydrogens is 268 g/mol. The van der Waals surface area contributed by atoms with Crippen molar-refractivity contribution in [3.8, 4) is 0 Å². The molecule has 0 saturated carbocycles. The lowest BCUT2D eigenvalue weighted by Gasteiger charge is -2.16. The minimum Gasteiger partial charge on any atom is -0.315 e. The van der Waals surface area contributed by atoms with E-state index in [9.17, 15) is 4.79 Å². The smallest absolute Gasteiger partial charge is 0.233 e. The lowest BCUT2D eigenvalue weighted by Crippen LogP contribution is -2.27. The fraction of sp³-hybridized carbons (Fsp3) is 0.125. The fourth-order valence-electron chi connectivity index (χ4n) is 2.04. The molecule has 3 nitrogen and oxygen atoms in total. The summed E-state index contributed by atoms with van der Waals surface area (Å²) < 4.78 is 1.12. The highest BCUT2D eigenvalue weighted by Gasteiger charge is 2.14. The van der Waals surface area contributed by atoms with Gasteiger partial charge in [0.2, 0.25) is 5.91 Å². The van der Waals surface area contributed by atoms with E-state index < -0.39 is 0 Å². The van der Waals surface area contributed by atoms with Crippen molar-refractivity contribution >= 4 is 33.1 Å². The van der Waals surface area contributed by atoms with E-state index >= 15 is 0 Å². The molecular formula is C16H14N2OS. The van der Waals surface area contributed by atoms with Gasteiger partial charge in [0.1, 0.15) is 5.01 Å². The summed E-state index contributed by atoms with van der Waals surface area (Å²) in [6, 6.07) is 17.6. The molecule has 1 aromatic heterocycles. The second kappa shape index (κ2) is 5.43. The van der Waals surface area contributed by atoms with Gasteiger partial charge in [-0.05, 0) is 24.3 Å². The normalized spacial score (nSPS) is 10.7. The van der Waals surface area contributed by atoms with Crippen LogP contribution in [0.1, 0.15) is 5.01 Å². The molecule has 0 atom stereocenters. The number of benzene rings is 2. The van der Waals surface area contributed by atoms with Crippen molar-refractivity contribution in [1.82, 2.24) is 4.98 Å². The van der Waals surface area contributed by atoms with Gasteiger partial charge < -0.3 is 4.90 Å². The van der Waals surface area contributed by atoms with Crippen LogP contribution in [0.25, 0.3) is 10.2 Å². The van der Waals surface area contributed by atoms with E-state index in [4.69, 9.17) is 0 Å². The van der Waals surface area contributed by atoms with E-state index in [0.29, 0.717) is 6.42 Å². The first-order valence-corrected chi connectivity index (χ1v) is 7.22. The van der Waals surface area contributed by atoms with Gasteiger partial charge in [-0.15, -0.1) is 11.3 Å². The highest BCUT2D eigenvalue weighted by atomic mass is 32.1. The van der Waals surface area contributed by atoms with Crippen molar-refractivity contribution in [2.45, 2.75) is 6.42 Å². The maximum absolute atomic E-state index is 12.3. The number of carbonyl (C=O) groups is 1. The number of hydrogen-bond donors (Lipinski definition) is 0. The number of hydrogen-bond acceptors (Lipinski definition) is 3. The highest BCUT2D eigenvalue weighted by Crippen LogP contribution is 2.22. The van der Waals surface area contributed by atoms with Crippen LogP contribution in [-0.4, -0.2) is 17.9 Å². The Morgan fingerprint density at radius 3 is 2.55 bits per heavy atom. The van der Waals surface area contributed by atoms with E-state index in [-0.39, 0.29) is 5.91 Å². The number of nitrogens with zero attached hydrogens (tertiary/aromatic N) is 2. The zero-order chi connectivity index (χ0) is 13.9. The SMILES string of the molecule is CN(C(=O)Cc1nc2ccccc2s1)c1ccccc1. The van der Waals surface area contributed by atoms with Crippen molar-refractivity contribution < 1.29 is 4.79 Å². The largest absolute Gasteiger partial charge is 0.315 e. The molecule has 100 valence electrons. The number of anilines is 1. The lowest BCUT2D eigenvalue weighted by molar-refractivity contribution is -0.117. The van der Waals surface area contributed by atoms with Crippen LogP contribution in [0.3, 0.4) is 0 Å². The van der Waals surface area contributed by atoms with Gasteiger partial charge in [0.15, 0.2) is 0 Å². The van der Waals surface area contributed by atoms with Crippen molar-refractivity contribution in [2.24, 2.45) is 0 Å². The van der Waals surface area contributed by atoms with E-state index in [1.807, 2.05) is 54.6 Å². The van der Waals surface area contributed by atoms with Crippen LogP contribution in [0, 0.1) is 0 Å². The first kappa shape index (κ1) is 12.8. The van der Waals surface area contributed by atoms with Gasteiger partial charge in [-0.1, -0.05) is 30.3 Å². The van der Waals surface area contributed by atoms with Gasteiger partial charge in [-0.25, -0.2) is 4.98 Å². The van der Waals surface area contributed by atoms with Crippen LogP contribution in [-0.2, 0) is 11.2 Å². The Morgan fingerprint density at radius 2 is 1.80 bits per heavy atom. The fourth-order valence-corrected chi connectivity index (χ4v) is 3.00. The molecule has 0 spiro atoms. The molecule has 4 heteroatoms. The van der Waals surface area contributed by atoms with Gasteiger partial charge in [0.05, 0.1) is 16.6 Å². The van der Waals surface area contributed by atoms with Crippen LogP contribution in [0.5, 0.6) is 0 Å². The molecule has 2 aromatic carbocycles. The van der Waals surface area contributed by atoms with Gasteiger partial charge >= 0.3 is 0 Å². The van der Waals surface area contributed by atoms with Crippen molar-refractivity contribution in [1.29, 1.82) is 0 Å². The van der Waals surface area contributed by atoms with Crippen molar-refractivity contribution in [3.63, 3.8) is 0 Å². The molecule has 1 amide bonds. The van der Waals surface area contributed by atoms with Crippen LogP contribution in [0.4, 0.5) is 5.69 Å². The summed E-state index contributed by atoms with van der Waals surface area (Å²) in [5, 5.41) is 0.860. The third kappa shape index (κ3) is 2.56. The summed E-state index contributed by atoms with van der Waals surface area (Å²) in [6.07, 6.45) is 0.338. The number of fused-ring (bicyclic) bond motifs is 1. The van der Waals surface area contributed by atoms with Crippen molar-refractivity contribution in [2.75, 3.05) is 11.9 Å². The minimum absolute atomic E-state index is 0.0512. The van der Waals surface area contributed by atoms with Gasteiger partial charge in [-0.2, -0.15) is 0 Å². The van der Waals surface area contributed by atoms with Gasteiger partial charge in [0.25, 0.3) is 0 Å². The Hall–Kier alpha value is -2.20. The molecule has 0 aliphatic rings. The molecule has 0 fully saturated rings. The topological polar surface area (TPSA) is 33.2 Å². The lowest BCUT2D eigenvalue weighted by atomic mass is 10.3. The summed E-state index contributed by atoms with van der Waals surface area (Å²) in [6.45, 7) is 0. The zero-order valence-electron chi connectivity index (χ0n) is 11.1. The highest BCUT2D eigenvalue weighted by molar-refractivity contribution is 7.18. The summed E-state index contributed by atoms with van der Waals surface area (Å²) in [4.78, 5) is 18.5. The molecule has 0 aliphatic carbocycles. The summed E-state index contributed by atoms with van der Waals surface area (Å²) >= 11 is 1.58. The van der Waals surface area contributed by atoms with Gasteiger partial charge in [-0.3, -0.25) is 4.79 Å². The Kier molecular flexibility index (Phi) is 3.48. The number of aromatic nitrogens is 1. The third-order valence-electron chi connectivity index (χ3n) is 3.16. The first-order valence-electron chi connectivity index (χ1n) is 6.40. The summed E-state index contributed by atoms with van der Waals surface area (Å²) in [7, 11) is 1.80. The number of para-hydroxylation sites is 2. The number of thiazole rings is 1. The predicted molar refractivity (Wildman–Crippen MR) is 83.2 cm³/mol. The molecule has 20 heavy (non-hydrogen) atoms. The van der Waals surface area contributed by atoms with Crippen LogP contribution in [0.2, 0.25) is 0 Å². The van der Waals surface area contributed by atoms with E-state index in [0.717, 1.165) is 20.9 Å². The molecule has 0 bridgehead atoms. The quantitative estimate of drug-likeness (QED) is 0.736. The molecule has 0 unspecified atom stereocenters. The maximum Gasteiger partial charge on any atom is 0.233 e. The summed E-state index contributed by atoms with van der Waals surface area (Å²) in [5.41, 5.74) is 1.86. The molecule has 0 aliphatic heterocycles. The Labute approximate surface area is 121 Å². The van der Waals surface area contributed by atoms with Crippen molar-refractivity contribution in [3.05, 3.63) is 59.6 Å². The predicted octanol–water partition coefficient (Wildman–Crippen LogP) is 3.50. The number of rotatable bonds is 3. The monoisotopic (exact) mass is 282 g/mol. The Bertz CT molecular complexity index is 703. The molecule has 0 saturated heterocycles. The number of likely N-dealkylation sites (N-methyl/N-ethyl adjacent to an activating group) is 1. The average Bonchev–Trinajstić information content (AvgIpc) is 2.89.